The fraction of sp³-hybridized carbons (Fsp3) is 0.800. The summed E-state index contributed by atoms with van der Waals surface area (Å²) in [7, 11) is 0. The predicted molar refractivity (Wildman–Crippen MR) is 24.2 cm³/mol. The van der Waals surface area contributed by atoms with E-state index in [2.05, 4.69) is 0 Å². The quantitative estimate of drug-likeness (QED) is 0.320. The minimum atomic E-state index is -0.204. The molecular formula is C5H6O3. The van der Waals surface area contributed by atoms with Crippen molar-refractivity contribution in [3.05, 3.63) is 0 Å². The van der Waals surface area contributed by atoms with Crippen molar-refractivity contribution in [1.82, 2.24) is 0 Å². The topological polar surface area (TPSA) is 38.8 Å². The van der Waals surface area contributed by atoms with Gasteiger partial charge >= 0.3 is 5.97 Å². The van der Waals surface area contributed by atoms with Crippen molar-refractivity contribution >= 4 is 5.97 Å². The summed E-state index contributed by atoms with van der Waals surface area (Å²) in [6, 6.07) is 0. The number of ether oxygens (including phenoxy) is 2. The molecule has 2 saturated heterocycles. The zero-order chi connectivity index (χ0) is 5.72. The smallest absolute Gasteiger partial charge is 0.338 e. The summed E-state index contributed by atoms with van der Waals surface area (Å²) in [6.07, 6.45) is -0.125. The third kappa shape index (κ3) is 0.351. The lowest BCUT2D eigenvalue weighted by Gasteiger charge is -2.01. The Kier molecular flexibility index (Phi) is 0.568. The SMILES string of the molecule is CC1OC(=O)C2OC12. The molecule has 0 aromatic heterocycles. The molecule has 3 heteroatoms. The Hall–Kier alpha value is -0.570. The molecule has 2 fully saturated rings. The van der Waals surface area contributed by atoms with Gasteiger partial charge in [0.15, 0.2) is 6.10 Å². The fourth-order valence-electron chi connectivity index (χ4n) is 0.988. The van der Waals surface area contributed by atoms with Gasteiger partial charge in [-0.15, -0.1) is 0 Å². The van der Waals surface area contributed by atoms with Crippen molar-refractivity contribution in [2.75, 3.05) is 0 Å². The minimum Gasteiger partial charge on any atom is -0.458 e. The Labute approximate surface area is 46.6 Å². The van der Waals surface area contributed by atoms with E-state index >= 15 is 0 Å². The Balaban J connectivity index is 2.19. The largest absolute Gasteiger partial charge is 0.458 e. The standard InChI is InChI=1S/C5H6O3/c1-2-3-4(8-3)5(6)7-2/h2-4H,1H3. The average molecular weight is 114 g/mol. The summed E-state index contributed by atoms with van der Waals surface area (Å²) in [4.78, 5) is 10.5. The molecule has 3 atom stereocenters. The zero-order valence-corrected chi connectivity index (χ0v) is 4.46. The first kappa shape index (κ1) is 4.32. The molecular weight excluding hydrogens is 108 g/mol. The first-order chi connectivity index (χ1) is 3.79. The van der Waals surface area contributed by atoms with Crippen LogP contribution >= 0.6 is 0 Å². The highest BCUT2D eigenvalue weighted by Gasteiger charge is 2.57. The number of fused-ring (bicyclic) bond motifs is 1. The number of esters is 1. The second-order valence-electron chi connectivity index (χ2n) is 2.16. The number of carbonyl (C=O) groups excluding carboxylic acids is 1. The van der Waals surface area contributed by atoms with Crippen LogP contribution in [0, 0.1) is 0 Å². The van der Waals surface area contributed by atoms with E-state index in [0.717, 1.165) is 0 Å². The van der Waals surface area contributed by atoms with Gasteiger partial charge in [-0.25, -0.2) is 4.79 Å². The van der Waals surface area contributed by atoms with E-state index < -0.39 is 0 Å². The summed E-state index contributed by atoms with van der Waals surface area (Å²) >= 11 is 0. The van der Waals surface area contributed by atoms with Crippen LogP contribution in [0.3, 0.4) is 0 Å². The average Bonchev–Trinajstić information content (AvgIpc) is 2.35. The van der Waals surface area contributed by atoms with Crippen molar-refractivity contribution in [2.45, 2.75) is 25.2 Å². The molecule has 8 heavy (non-hydrogen) atoms. The molecule has 3 unspecified atom stereocenters. The van der Waals surface area contributed by atoms with Crippen molar-refractivity contribution in [3.8, 4) is 0 Å². The molecule has 2 aliphatic heterocycles. The normalized spacial score (nSPS) is 50.6. The van der Waals surface area contributed by atoms with Gasteiger partial charge in [-0.2, -0.15) is 0 Å². The molecule has 0 amide bonds. The van der Waals surface area contributed by atoms with E-state index in [1.165, 1.54) is 0 Å². The van der Waals surface area contributed by atoms with Crippen LogP contribution in [0.25, 0.3) is 0 Å². The number of cyclic esters (lactones) is 1. The number of carbonyl (C=O) groups is 1. The van der Waals surface area contributed by atoms with Crippen molar-refractivity contribution in [1.29, 1.82) is 0 Å². The lowest BCUT2D eigenvalue weighted by molar-refractivity contribution is -0.148. The molecule has 0 aliphatic carbocycles. The first-order valence-corrected chi connectivity index (χ1v) is 2.65. The molecule has 2 rings (SSSR count). The molecule has 0 bridgehead atoms. The maximum absolute atomic E-state index is 10.5. The number of hydrogen-bond acceptors (Lipinski definition) is 3. The van der Waals surface area contributed by atoms with Crippen LogP contribution in [-0.4, -0.2) is 24.3 Å². The Morgan fingerprint density at radius 2 is 2.38 bits per heavy atom. The Morgan fingerprint density at radius 1 is 1.62 bits per heavy atom. The summed E-state index contributed by atoms with van der Waals surface area (Å²) < 4.78 is 9.66. The number of epoxide rings is 1. The number of hydrogen-bond donors (Lipinski definition) is 0. The lowest BCUT2D eigenvalue weighted by atomic mass is 10.3. The van der Waals surface area contributed by atoms with Crippen molar-refractivity contribution in [2.24, 2.45) is 0 Å². The molecule has 0 N–H and O–H groups in total. The van der Waals surface area contributed by atoms with Gasteiger partial charge in [0.1, 0.15) is 12.2 Å². The van der Waals surface area contributed by atoms with Gasteiger partial charge in [-0.05, 0) is 6.92 Å². The second-order valence-corrected chi connectivity index (χ2v) is 2.16. The van der Waals surface area contributed by atoms with Crippen LogP contribution in [0.4, 0.5) is 0 Å². The minimum absolute atomic E-state index is 0.00694. The highest BCUT2D eigenvalue weighted by Crippen LogP contribution is 2.34. The molecule has 0 saturated carbocycles. The zero-order valence-electron chi connectivity index (χ0n) is 4.46. The summed E-state index contributed by atoms with van der Waals surface area (Å²) in [5.74, 6) is -0.192. The van der Waals surface area contributed by atoms with Crippen LogP contribution < -0.4 is 0 Å². The van der Waals surface area contributed by atoms with E-state index in [0.29, 0.717) is 0 Å². The highest BCUT2D eigenvalue weighted by molar-refractivity contribution is 5.81. The molecule has 44 valence electrons. The van der Waals surface area contributed by atoms with Crippen LogP contribution in [0.2, 0.25) is 0 Å². The van der Waals surface area contributed by atoms with Gasteiger partial charge in [0.25, 0.3) is 0 Å². The maximum atomic E-state index is 10.5. The highest BCUT2D eigenvalue weighted by atomic mass is 16.7. The van der Waals surface area contributed by atoms with Crippen LogP contribution in [0.1, 0.15) is 6.92 Å². The van der Waals surface area contributed by atoms with Gasteiger partial charge in [-0.3, -0.25) is 0 Å². The van der Waals surface area contributed by atoms with E-state index in [4.69, 9.17) is 9.47 Å². The molecule has 2 aliphatic rings. The van der Waals surface area contributed by atoms with E-state index in [1.54, 1.807) is 0 Å². The molecule has 0 spiro atoms. The molecule has 0 radical (unpaired) electrons. The van der Waals surface area contributed by atoms with Crippen molar-refractivity contribution < 1.29 is 14.3 Å². The van der Waals surface area contributed by atoms with E-state index in [9.17, 15) is 4.79 Å². The van der Waals surface area contributed by atoms with E-state index in [-0.39, 0.29) is 24.3 Å². The van der Waals surface area contributed by atoms with Gasteiger partial charge in [0.2, 0.25) is 0 Å². The molecule has 3 nitrogen and oxygen atoms in total. The van der Waals surface area contributed by atoms with E-state index in [1.807, 2.05) is 6.92 Å². The first-order valence-electron chi connectivity index (χ1n) is 2.65. The monoisotopic (exact) mass is 114 g/mol. The fourth-order valence-corrected chi connectivity index (χ4v) is 0.988. The third-order valence-corrected chi connectivity index (χ3v) is 1.52. The third-order valence-electron chi connectivity index (χ3n) is 1.52. The molecule has 0 aromatic carbocycles. The lowest BCUT2D eigenvalue weighted by Crippen LogP contribution is -2.10. The van der Waals surface area contributed by atoms with Gasteiger partial charge in [0.05, 0.1) is 0 Å². The van der Waals surface area contributed by atoms with Gasteiger partial charge in [0, 0.05) is 0 Å². The Bertz CT molecular complexity index is 143. The summed E-state index contributed by atoms with van der Waals surface area (Å²) in [5.41, 5.74) is 0. The summed E-state index contributed by atoms with van der Waals surface area (Å²) in [5, 5.41) is 0. The van der Waals surface area contributed by atoms with Crippen LogP contribution in [0.15, 0.2) is 0 Å². The van der Waals surface area contributed by atoms with Gasteiger partial charge in [-0.1, -0.05) is 0 Å². The number of rotatable bonds is 0. The second kappa shape index (κ2) is 1.05. The maximum Gasteiger partial charge on any atom is 0.338 e. The molecule has 0 aromatic rings. The summed E-state index contributed by atoms with van der Waals surface area (Å²) in [6.45, 7) is 1.84. The van der Waals surface area contributed by atoms with Crippen molar-refractivity contribution in [3.63, 3.8) is 0 Å². The molecule has 2 heterocycles. The van der Waals surface area contributed by atoms with Crippen LogP contribution in [0.5, 0.6) is 0 Å². The predicted octanol–water partition coefficient (Wildman–Crippen LogP) is -0.301. The Morgan fingerprint density at radius 3 is 2.50 bits per heavy atom. The van der Waals surface area contributed by atoms with Crippen LogP contribution in [-0.2, 0) is 14.3 Å². The van der Waals surface area contributed by atoms with Gasteiger partial charge < -0.3 is 9.47 Å².